The summed E-state index contributed by atoms with van der Waals surface area (Å²) < 4.78 is 21.7. The summed E-state index contributed by atoms with van der Waals surface area (Å²) in [5.74, 6) is -1.71. The summed E-state index contributed by atoms with van der Waals surface area (Å²) in [6, 6.07) is 13.2. The number of carbonyl (C=O) groups excluding carboxylic acids is 1. The van der Waals surface area contributed by atoms with Crippen LogP contribution in [0.3, 0.4) is 0 Å². The molecule has 1 atom stereocenters. The first-order chi connectivity index (χ1) is 17.1. The van der Waals surface area contributed by atoms with Gasteiger partial charge in [0.2, 0.25) is 5.75 Å². The van der Waals surface area contributed by atoms with Crippen molar-refractivity contribution in [3.63, 3.8) is 0 Å². The van der Waals surface area contributed by atoms with Crippen LogP contribution in [0.1, 0.15) is 29.3 Å². The van der Waals surface area contributed by atoms with Crippen molar-refractivity contribution in [2.45, 2.75) is 18.9 Å². The standard InChI is InChI=1S/C22H29NO5.C4H4O4/c1-7-22(23(2)3,17-11-9-8-10-12-17)15-28-21(24)16-13-18(25-4)20(27-6)19(14-16)26-5;5-3(6)1-2-4(7)8/h8-14H,7,15H2,1-6H3;1-2H,(H,5,6)(H,7,8)/b;2-1-/t22-;/m0./s1. The highest BCUT2D eigenvalue weighted by Gasteiger charge is 2.34. The van der Waals surface area contributed by atoms with Crippen LogP contribution in [0.5, 0.6) is 17.2 Å². The Labute approximate surface area is 210 Å². The number of ether oxygens (including phenoxy) is 4. The minimum absolute atomic E-state index is 0.218. The molecule has 0 unspecified atom stereocenters. The van der Waals surface area contributed by atoms with Crippen LogP contribution < -0.4 is 14.2 Å². The molecule has 0 bridgehead atoms. The molecule has 2 rings (SSSR count). The quantitative estimate of drug-likeness (QED) is 0.347. The van der Waals surface area contributed by atoms with Crippen LogP contribution in [0.2, 0.25) is 0 Å². The number of likely N-dealkylation sites (N-methyl/N-ethyl adjacent to an activating group) is 1. The summed E-state index contributed by atoms with van der Waals surface area (Å²) in [5.41, 5.74) is 1.02. The summed E-state index contributed by atoms with van der Waals surface area (Å²) in [7, 11) is 8.52. The molecular weight excluding hydrogens is 470 g/mol. The maximum absolute atomic E-state index is 12.8. The van der Waals surface area contributed by atoms with Crippen molar-refractivity contribution in [2.75, 3.05) is 42.0 Å². The largest absolute Gasteiger partial charge is 0.493 e. The molecule has 10 heteroatoms. The summed E-state index contributed by atoms with van der Waals surface area (Å²) in [6.07, 6.45) is 1.90. The third kappa shape index (κ3) is 8.02. The third-order valence-corrected chi connectivity index (χ3v) is 5.46. The molecule has 0 aliphatic heterocycles. The fourth-order valence-corrected chi connectivity index (χ4v) is 3.45. The van der Waals surface area contributed by atoms with Gasteiger partial charge in [0.15, 0.2) is 11.5 Å². The van der Waals surface area contributed by atoms with Gasteiger partial charge in [-0.25, -0.2) is 14.4 Å². The van der Waals surface area contributed by atoms with Crippen molar-refractivity contribution in [1.82, 2.24) is 4.90 Å². The van der Waals surface area contributed by atoms with Gasteiger partial charge in [-0.15, -0.1) is 0 Å². The molecular formula is C26H33NO9. The molecule has 10 nitrogen and oxygen atoms in total. The number of nitrogens with zero attached hydrogens (tertiary/aromatic N) is 1. The average Bonchev–Trinajstić information content (AvgIpc) is 2.87. The van der Waals surface area contributed by atoms with E-state index in [1.165, 1.54) is 21.3 Å². The lowest BCUT2D eigenvalue weighted by atomic mass is 9.87. The Morgan fingerprint density at radius 2 is 1.39 bits per heavy atom. The van der Waals surface area contributed by atoms with E-state index >= 15 is 0 Å². The van der Waals surface area contributed by atoms with Gasteiger partial charge in [-0.1, -0.05) is 37.3 Å². The second-order valence-electron chi connectivity index (χ2n) is 7.65. The predicted octanol–water partition coefficient (Wildman–Crippen LogP) is 3.45. The Kier molecular flexibility index (Phi) is 12.0. The van der Waals surface area contributed by atoms with E-state index in [0.717, 1.165) is 12.0 Å². The van der Waals surface area contributed by atoms with Crippen LogP contribution in [-0.2, 0) is 19.9 Å². The molecule has 0 radical (unpaired) electrons. The molecule has 196 valence electrons. The normalized spacial score (nSPS) is 12.2. The molecule has 0 spiro atoms. The number of methoxy groups -OCH3 is 3. The number of hydrogen-bond acceptors (Lipinski definition) is 8. The summed E-state index contributed by atoms with van der Waals surface area (Å²) >= 11 is 0. The maximum Gasteiger partial charge on any atom is 0.338 e. The number of carboxylic acid groups (broad SMARTS) is 2. The van der Waals surface area contributed by atoms with Crippen LogP contribution in [0.4, 0.5) is 0 Å². The van der Waals surface area contributed by atoms with Crippen LogP contribution in [0, 0.1) is 0 Å². The van der Waals surface area contributed by atoms with Gasteiger partial charge in [-0.2, -0.15) is 0 Å². The number of carbonyl (C=O) groups is 3. The monoisotopic (exact) mass is 503 g/mol. The lowest BCUT2D eigenvalue weighted by molar-refractivity contribution is -0.134. The van der Waals surface area contributed by atoms with E-state index in [2.05, 4.69) is 24.0 Å². The molecule has 0 aromatic heterocycles. The first-order valence-corrected chi connectivity index (χ1v) is 10.9. The Bertz CT molecular complexity index is 1010. The zero-order valence-electron chi connectivity index (χ0n) is 21.3. The van der Waals surface area contributed by atoms with E-state index in [1.54, 1.807) is 12.1 Å². The minimum Gasteiger partial charge on any atom is -0.493 e. The Balaban J connectivity index is 0.000000697. The first-order valence-electron chi connectivity index (χ1n) is 10.9. The lowest BCUT2D eigenvalue weighted by Crippen LogP contribution is -2.45. The van der Waals surface area contributed by atoms with E-state index in [9.17, 15) is 14.4 Å². The van der Waals surface area contributed by atoms with Gasteiger partial charge < -0.3 is 29.2 Å². The van der Waals surface area contributed by atoms with Gasteiger partial charge in [-0.3, -0.25) is 4.90 Å². The first kappa shape index (κ1) is 30.0. The molecule has 2 N–H and O–H groups in total. The molecule has 2 aromatic carbocycles. The van der Waals surface area contributed by atoms with Gasteiger partial charge in [0, 0.05) is 12.2 Å². The van der Waals surface area contributed by atoms with Crippen molar-refractivity contribution in [3.05, 3.63) is 65.7 Å². The molecule has 0 saturated carbocycles. The van der Waals surface area contributed by atoms with Gasteiger partial charge in [0.25, 0.3) is 0 Å². The topological polar surface area (TPSA) is 132 Å². The fraction of sp³-hybridized carbons (Fsp3) is 0.346. The number of hydrogen-bond donors (Lipinski definition) is 2. The smallest absolute Gasteiger partial charge is 0.338 e. The van der Waals surface area contributed by atoms with Crippen LogP contribution in [0.15, 0.2) is 54.6 Å². The predicted molar refractivity (Wildman–Crippen MR) is 133 cm³/mol. The van der Waals surface area contributed by atoms with Gasteiger partial charge >= 0.3 is 17.9 Å². The van der Waals surface area contributed by atoms with E-state index in [4.69, 9.17) is 29.2 Å². The SMILES string of the molecule is CC[C@](COC(=O)c1cc(OC)c(OC)c(OC)c1)(c1ccccc1)N(C)C.O=C(O)/C=C\C(=O)O. The van der Waals surface area contributed by atoms with Crippen molar-refractivity contribution in [3.8, 4) is 17.2 Å². The third-order valence-electron chi connectivity index (χ3n) is 5.46. The van der Waals surface area contributed by atoms with Crippen molar-refractivity contribution in [2.24, 2.45) is 0 Å². The van der Waals surface area contributed by atoms with Gasteiger partial charge in [0.05, 0.1) is 32.4 Å². The molecule has 0 fully saturated rings. The summed E-state index contributed by atoms with van der Waals surface area (Å²) in [5, 5.41) is 15.6. The Morgan fingerprint density at radius 3 is 1.75 bits per heavy atom. The second kappa shape index (κ2) is 14.4. The van der Waals surface area contributed by atoms with E-state index in [0.29, 0.717) is 35.0 Å². The zero-order chi connectivity index (χ0) is 27.3. The number of aliphatic carboxylic acids is 2. The number of carboxylic acids is 2. The fourth-order valence-electron chi connectivity index (χ4n) is 3.45. The average molecular weight is 504 g/mol. The lowest BCUT2D eigenvalue weighted by Gasteiger charge is -2.39. The van der Waals surface area contributed by atoms with Crippen LogP contribution in [0.25, 0.3) is 0 Å². The van der Waals surface area contributed by atoms with Crippen molar-refractivity contribution < 1.29 is 43.5 Å². The van der Waals surface area contributed by atoms with E-state index < -0.39 is 23.4 Å². The molecule has 0 aliphatic carbocycles. The number of rotatable bonds is 11. The van der Waals surface area contributed by atoms with Crippen LogP contribution >= 0.6 is 0 Å². The second-order valence-corrected chi connectivity index (χ2v) is 7.65. The molecule has 36 heavy (non-hydrogen) atoms. The van der Waals surface area contributed by atoms with Crippen molar-refractivity contribution in [1.29, 1.82) is 0 Å². The minimum atomic E-state index is -1.26. The Morgan fingerprint density at radius 1 is 0.889 bits per heavy atom. The maximum atomic E-state index is 12.8. The van der Waals surface area contributed by atoms with Gasteiger partial charge in [0.1, 0.15) is 6.61 Å². The Hall–Kier alpha value is -4.05. The molecule has 0 amide bonds. The number of benzene rings is 2. The zero-order valence-corrected chi connectivity index (χ0v) is 21.3. The van der Waals surface area contributed by atoms with Gasteiger partial charge in [-0.05, 0) is 38.2 Å². The number of esters is 1. The molecule has 0 aliphatic rings. The molecule has 0 saturated heterocycles. The highest BCUT2D eigenvalue weighted by Crippen LogP contribution is 2.38. The summed E-state index contributed by atoms with van der Waals surface area (Å²) in [6.45, 7) is 2.30. The van der Waals surface area contributed by atoms with Crippen molar-refractivity contribution >= 4 is 17.9 Å². The van der Waals surface area contributed by atoms with E-state index in [-0.39, 0.29) is 6.61 Å². The highest BCUT2D eigenvalue weighted by molar-refractivity contribution is 5.91. The van der Waals surface area contributed by atoms with Crippen LogP contribution in [-0.4, -0.2) is 75.1 Å². The van der Waals surface area contributed by atoms with E-state index in [1.807, 2.05) is 32.3 Å². The molecule has 2 aromatic rings. The summed E-state index contributed by atoms with van der Waals surface area (Å²) in [4.78, 5) is 34.0. The highest BCUT2D eigenvalue weighted by atomic mass is 16.5. The molecule has 0 heterocycles.